The number of alkyl halides is 3. The monoisotopic (exact) mass is 323 g/mol. The van der Waals surface area contributed by atoms with Gasteiger partial charge in [-0.15, -0.1) is 0 Å². The van der Waals surface area contributed by atoms with Gasteiger partial charge in [0.05, 0.1) is 6.61 Å². The number of carbonyl (C=O) groups excluding carboxylic acids is 2. The number of rotatable bonds is 5. The van der Waals surface area contributed by atoms with Gasteiger partial charge in [-0.05, 0) is 24.6 Å². The van der Waals surface area contributed by atoms with Crippen molar-refractivity contribution < 1.29 is 27.5 Å². The Hall–Kier alpha value is -1.76. The fraction of sp³-hybridized carbons (Fsp3) is 0.385. The van der Waals surface area contributed by atoms with Gasteiger partial charge in [-0.2, -0.15) is 13.2 Å². The molecule has 116 valence electrons. The van der Waals surface area contributed by atoms with Gasteiger partial charge < -0.3 is 10.1 Å². The number of esters is 1. The van der Waals surface area contributed by atoms with Crippen LogP contribution in [0.5, 0.6) is 0 Å². The lowest BCUT2D eigenvalue weighted by Crippen LogP contribution is -2.37. The van der Waals surface area contributed by atoms with E-state index >= 15 is 0 Å². The Labute approximate surface area is 124 Å². The summed E-state index contributed by atoms with van der Waals surface area (Å²) in [6.45, 7) is 1.59. The minimum absolute atomic E-state index is 0.0397. The molecule has 0 bridgehead atoms. The minimum atomic E-state index is -4.65. The first-order chi connectivity index (χ1) is 9.73. The Balaban J connectivity index is 2.90. The van der Waals surface area contributed by atoms with Crippen molar-refractivity contribution in [3.63, 3.8) is 0 Å². The second kappa shape index (κ2) is 7.31. The van der Waals surface area contributed by atoms with Crippen LogP contribution in [0.15, 0.2) is 24.3 Å². The van der Waals surface area contributed by atoms with Crippen molar-refractivity contribution in [2.24, 2.45) is 0 Å². The van der Waals surface area contributed by atoms with Crippen molar-refractivity contribution in [1.82, 2.24) is 5.32 Å². The Kier molecular flexibility index (Phi) is 6.02. The first-order valence-corrected chi connectivity index (χ1v) is 6.39. The van der Waals surface area contributed by atoms with E-state index in [4.69, 9.17) is 16.3 Å². The summed E-state index contributed by atoms with van der Waals surface area (Å²) < 4.78 is 41.3. The van der Waals surface area contributed by atoms with Crippen molar-refractivity contribution >= 4 is 23.5 Å². The molecular weight excluding hydrogens is 311 g/mol. The average molecular weight is 324 g/mol. The number of carbonyl (C=O) groups is 2. The Morgan fingerprint density at radius 3 is 2.33 bits per heavy atom. The third kappa shape index (κ3) is 6.03. The van der Waals surface area contributed by atoms with E-state index in [9.17, 15) is 22.8 Å². The molecule has 0 aliphatic heterocycles. The maximum Gasteiger partial charge on any atom is 0.397 e. The van der Waals surface area contributed by atoms with E-state index in [1.54, 1.807) is 6.92 Å². The standard InChI is InChI=1S/C13H13ClF3NO3/c1-2-21-12(20)11(8-3-5-9(14)6-4-8)18-10(19)7-13(15,16)17/h3-6,11H,2,7H2,1H3,(H,18,19)/t11-/m0/s1. The van der Waals surface area contributed by atoms with E-state index in [-0.39, 0.29) is 12.2 Å². The molecule has 1 aromatic carbocycles. The van der Waals surface area contributed by atoms with Crippen LogP contribution in [-0.2, 0) is 14.3 Å². The zero-order chi connectivity index (χ0) is 16.0. The third-order valence-corrected chi connectivity index (χ3v) is 2.64. The number of hydrogen-bond acceptors (Lipinski definition) is 3. The largest absolute Gasteiger partial charge is 0.464 e. The normalized spacial score (nSPS) is 12.6. The molecule has 21 heavy (non-hydrogen) atoms. The van der Waals surface area contributed by atoms with Crippen LogP contribution < -0.4 is 5.32 Å². The fourth-order valence-corrected chi connectivity index (χ4v) is 1.68. The van der Waals surface area contributed by atoms with Crippen LogP contribution in [0.4, 0.5) is 13.2 Å². The van der Waals surface area contributed by atoms with Gasteiger partial charge in [0, 0.05) is 5.02 Å². The molecule has 1 aromatic rings. The number of hydrogen-bond donors (Lipinski definition) is 1. The molecule has 1 rings (SSSR count). The number of halogens is 4. The molecule has 0 aliphatic rings. The summed E-state index contributed by atoms with van der Waals surface area (Å²) in [4.78, 5) is 23.1. The second-order valence-corrected chi connectivity index (χ2v) is 4.53. The minimum Gasteiger partial charge on any atom is -0.464 e. The highest BCUT2D eigenvalue weighted by molar-refractivity contribution is 6.30. The quantitative estimate of drug-likeness (QED) is 0.847. The highest BCUT2D eigenvalue weighted by Crippen LogP contribution is 2.22. The van der Waals surface area contributed by atoms with E-state index in [0.29, 0.717) is 5.02 Å². The van der Waals surface area contributed by atoms with Gasteiger partial charge in [0.1, 0.15) is 6.42 Å². The first kappa shape index (κ1) is 17.3. The summed E-state index contributed by atoms with van der Waals surface area (Å²) in [6, 6.07) is 4.46. The summed E-state index contributed by atoms with van der Waals surface area (Å²) in [5.74, 6) is -2.15. The number of nitrogens with one attached hydrogen (secondary N) is 1. The molecule has 8 heteroatoms. The molecule has 0 spiro atoms. The van der Waals surface area contributed by atoms with Gasteiger partial charge in [0.25, 0.3) is 0 Å². The lowest BCUT2D eigenvalue weighted by atomic mass is 10.1. The molecule has 1 N–H and O–H groups in total. The zero-order valence-electron chi connectivity index (χ0n) is 11.0. The van der Waals surface area contributed by atoms with E-state index in [1.807, 2.05) is 5.32 Å². The van der Waals surface area contributed by atoms with Gasteiger partial charge in [-0.3, -0.25) is 4.79 Å². The molecule has 0 radical (unpaired) electrons. The zero-order valence-corrected chi connectivity index (χ0v) is 11.8. The molecule has 0 heterocycles. The van der Waals surface area contributed by atoms with Crippen LogP contribution in [0.25, 0.3) is 0 Å². The predicted octanol–water partition coefficient (Wildman–Crippen LogP) is 3.01. The first-order valence-electron chi connectivity index (χ1n) is 6.01. The van der Waals surface area contributed by atoms with Gasteiger partial charge in [-0.1, -0.05) is 23.7 Å². The van der Waals surface area contributed by atoms with Crippen molar-refractivity contribution in [1.29, 1.82) is 0 Å². The number of ether oxygens (including phenoxy) is 1. The molecule has 0 saturated carbocycles. The van der Waals surface area contributed by atoms with E-state index < -0.39 is 30.5 Å². The maximum atomic E-state index is 12.2. The maximum absolute atomic E-state index is 12.2. The molecule has 0 saturated heterocycles. The number of amides is 1. The van der Waals surface area contributed by atoms with Crippen LogP contribution in [-0.4, -0.2) is 24.7 Å². The predicted molar refractivity (Wildman–Crippen MR) is 69.6 cm³/mol. The average Bonchev–Trinajstić information content (AvgIpc) is 2.35. The molecule has 0 unspecified atom stereocenters. The molecule has 0 fully saturated rings. The fourth-order valence-electron chi connectivity index (χ4n) is 1.55. The van der Waals surface area contributed by atoms with Crippen LogP contribution >= 0.6 is 11.6 Å². The Morgan fingerprint density at radius 1 is 1.29 bits per heavy atom. The van der Waals surface area contributed by atoms with Crippen molar-refractivity contribution in [2.45, 2.75) is 25.6 Å². The summed E-state index contributed by atoms with van der Waals surface area (Å²) in [5.41, 5.74) is 0.286. The smallest absolute Gasteiger partial charge is 0.397 e. The summed E-state index contributed by atoms with van der Waals surface area (Å²) >= 11 is 5.70. The van der Waals surface area contributed by atoms with Crippen LogP contribution in [0.1, 0.15) is 24.9 Å². The van der Waals surface area contributed by atoms with Crippen molar-refractivity contribution in [3.8, 4) is 0 Å². The third-order valence-electron chi connectivity index (χ3n) is 2.39. The van der Waals surface area contributed by atoms with Crippen LogP contribution in [0.3, 0.4) is 0 Å². The molecule has 1 atom stereocenters. The topological polar surface area (TPSA) is 55.4 Å². The van der Waals surface area contributed by atoms with E-state index in [2.05, 4.69) is 0 Å². The lowest BCUT2D eigenvalue weighted by Gasteiger charge is -2.18. The molecule has 0 aromatic heterocycles. The Morgan fingerprint density at radius 2 is 1.86 bits per heavy atom. The van der Waals surface area contributed by atoms with Gasteiger partial charge in [0.2, 0.25) is 5.91 Å². The highest BCUT2D eigenvalue weighted by atomic mass is 35.5. The van der Waals surface area contributed by atoms with Crippen LogP contribution in [0, 0.1) is 0 Å². The summed E-state index contributed by atoms with van der Waals surface area (Å²) in [6.07, 6.45) is -6.32. The van der Waals surface area contributed by atoms with E-state index in [1.165, 1.54) is 24.3 Å². The highest BCUT2D eigenvalue weighted by Gasteiger charge is 2.33. The lowest BCUT2D eigenvalue weighted by molar-refractivity contribution is -0.158. The van der Waals surface area contributed by atoms with Gasteiger partial charge >= 0.3 is 12.1 Å². The second-order valence-electron chi connectivity index (χ2n) is 4.10. The molecular formula is C13H13ClF3NO3. The molecule has 0 aliphatic carbocycles. The SMILES string of the molecule is CCOC(=O)[C@@H](NC(=O)CC(F)(F)F)c1ccc(Cl)cc1. The van der Waals surface area contributed by atoms with Crippen molar-refractivity contribution in [3.05, 3.63) is 34.9 Å². The Bertz CT molecular complexity index is 502. The van der Waals surface area contributed by atoms with Crippen LogP contribution in [0.2, 0.25) is 5.02 Å². The van der Waals surface area contributed by atoms with Gasteiger partial charge in [-0.25, -0.2) is 4.79 Å². The summed E-state index contributed by atoms with van der Waals surface area (Å²) in [5, 5.41) is 2.41. The summed E-state index contributed by atoms with van der Waals surface area (Å²) in [7, 11) is 0. The van der Waals surface area contributed by atoms with Gasteiger partial charge in [0.15, 0.2) is 6.04 Å². The molecule has 1 amide bonds. The van der Waals surface area contributed by atoms with E-state index in [0.717, 1.165) is 0 Å². The molecule has 4 nitrogen and oxygen atoms in total. The number of benzene rings is 1. The van der Waals surface area contributed by atoms with Crippen molar-refractivity contribution in [2.75, 3.05) is 6.61 Å².